The van der Waals surface area contributed by atoms with Crippen LogP contribution >= 0.6 is 11.3 Å². The third kappa shape index (κ3) is 3.62. The lowest BCUT2D eigenvalue weighted by atomic mass is 10.2. The van der Waals surface area contributed by atoms with E-state index in [9.17, 15) is 14.0 Å². The molecule has 1 amide bonds. The summed E-state index contributed by atoms with van der Waals surface area (Å²) in [5.41, 5.74) is 3.10. The Morgan fingerprint density at radius 2 is 1.93 bits per heavy atom. The second kappa shape index (κ2) is 7.48. The molecule has 29 heavy (non-hydrogen) atoms. The summed E-state index contributed by atoms with van der Waals surface area (Å²) in [6.07, 6.45) is 1.82. The number of esters is 1. The third-order valence-corrected chi connectivity index (χ3v) is 5.60. The molecule has 0 unspecified atom stereocenters. The fourth-order valence-electron chi connectivity index (χ4n) is 2.95. The summed E-state index contributed by atoms with van der Waals surface area (Å²) in [6, 6.07) is 12.6. The highest BCUT2D eigenvalue weighted by molar-refractivity contribution is 7.19. The highest BCUT2D eigenvalue weighted by atomic mass is 32.1. The third-order valence-electron chi connectivity index (χ3n) is 4.44. The molecule has 0 fully saturated rings. The molecule has 0 saturated carbocycles. The minimum absolute atomic E-state index is 0.289. The van der Waals surface area contributed by atoms with Gasteiger partial charge in [0.05, 0.1) is 18.4 Å². The second-order valence-electron chi connectivity index (χ2n) is 6.33. The molecule has 6 nitrogen and oxygen atoms in total. The number of hydrogen-bond donors (Lipinski definition) is 1. The fraction of sp³-hybridized carbons (Fsp3) is 0.0952. The smallest absolute Gasteiger partial charge is 0.337 e. The number of aromatic nitrogens is 2. The summed E-state index contributed by atoms with van der Waals surface area (Å²) in [5, 5.41) is 2.80. The molecule has 0 radical (unpaired) electrons. The zero-order chi connectivity index (χ0) is 20.5. The molecule has 2 heterocycles. The molecule has 1 N–H and O–H groups in total. The lowest BCUT2D eigenvalue weighted by molar-refractivity contribution is 0.0600. The Labute approximate surface area is 169 Å². The van der Waals surface area contributed by atoms with Crippen molar-refractivity contribution < 1.29 is 18.7 Å². The van der Waals surface area contributed by atoms with Gasteiger partial charge in [0.25, 0.3) is 5.91 Å². The Balaban J connectivity index is 1.60. The minimum atomic E-state index is -0.472. The SMILES string of the molecule is COC(=O)c1cccc(NC(=O)c2sc3nc(-c4ccc(F)cc4)cn3c2C)c1. The van der Waals surface area contributed by atoms with Crippen LogP contribution in [0.25, 0.3) is 16.2 Å². The van der Waals surface area contributed by atoms with Crippen LogP contribution in [0, 0.1) is 12.7 Å². The number of amides is 1. The van der Waals surface area contributed by atoms with Gasteiger partial charge in [-0.05, 0) is 49.4 Å². The molecule has 0 aliphatic heterocycles. The molecule has 4 aromatic rings. The van der Waals surface area contributed by atoms with Crippen LogP contribution in [0.2, 0.25) is 0 Å². The Hall–Kier alpha value is -3.52. The number of carbonyl (C=O) groups is 2. The van der Waals surface area contributed by atoms with Crippen LogP contribution in [0.15, 0.2) is 54.7 Å². The molecule has 0 bridgehead atoms. The summed E-state index contributed by atoms with van der Waals surface area (Å²) in [4.78, 5) is 30.1. The second-order valence-corrected chi connectivity index (χ2v) is 7.31. The maximum atomic E-state index is 13.1. The van der Waals surface area contributed by atoms with Crippen molar-refractivity contribution in [3.8, 4) is 11.3 Å². The van der Waals surface area contributed by atoms with Gasteiger partial charge in [0.15, 0.2) is 4.96 Å². The van der Waals surface area contributed by atoms with E-state index in [1.165, 1.54) is 30.6 Å². The lowest BCUT2D eigenvalue weighted by Crippen LogP contribution is -2.12. The van der Waals surface area contributed by atoms with E-state index in [0.29, 0.717) is 26.8 Å². The van der Waals surface area contributed by atoms with Crippen LogP contribution in [0.5, 0.6) is 0 Å². The number of thiazole rings is 1. The van der Waals surface area contributed by atoms with Crippen LogP contribution in [-0.2, 0) is 4.74 Å². The molecule has 146 valence electrons. The van der Waals surface area contributed by atoms with E-state index in [-0.39, 0.29) is 11.7 Å². The van der Waals surface area contributed by atoms with Crippen LogP contribution < -0.4 is 5.32 Å². The van der Waals surface area contributed by atoms with Gasteiger partial charge >= 0.3 is 5.97 Å². The number of hydrogen-bond acceptors (Lipinski definition) is 5. The number of nitrogens with zero attached hydrogens (tertiary/aromatic N) is 2. The molecular formula is C21H16FN3O3S. The summed E-state index contributed by atoms with van der Waals surface area (Å²) in [6.45, 7) is 1.83. The standard InChI is InChI=1S/C21H16FN3O3S/c1-12-18(19(26)23-16-5-3-4-14(10-16)20(27)28-2)29-21-24-17(11-25(12)21)13-6-8-15(22)9-7-13/h3-11H,1-2H3,(H,23,26). The Morgan fingerprint density at radius 1 is 1.17 bits per heavy atom. The topological polar surface area (TPSA) is 72.7 Å². The van der Waals surface area contributed by atoms with Crippen molar-refractivity contribution in [2.75, 3.05) is 12.4 Å². The van der Waals surface area contributed by atoms with E-state index in [1.807, 2.05) is 17.5 Å². The van der Waals surface area contributed by atoms with Crippen molar-refractivity contribution in [3.05, 3.63) is 76.7 Å². The number of imidazole rings is 1. The van der Waals surface area contributed by atoms with E-state index in [2.05, 4.69) is 10.3 Å². The van der Waals surface area contributed by atoms with Gasteiger partial charge < -0.3 is 10.1 Å². The lowest BCUT2D eigenvalue weighted by Gasteiger charge is -2.06. The van der Waals surface area contributed by atoms with Gasteiger partial charge in [-0.2, -0.15) is 0 Å². The van der Waals surface area contributed by atoms with Gasteiger partial charge in [0.2, 0.25) is 0 Å². The van der Waals surface area contributed by atoms with Gasteiger partial charge in [0.1, 0.15) is 10.7 Å². The van der Waals surface area contributed by atoms with Crippen molar-refractivity contribution in [2.24, 2.45) is 0 Å². The maximum absolute atomic E-state index is 13.1. The van der Waals surface area contributed by atoms with Gasteiger partial charge in [-0.25, -0.2) is 14.2 Å². The molecule has 4 rings (SSSR count). The first kappa shape index (κ1) is 18.8. The van der Waals surface area contributed by atoms with E-state index in [4.69, 9.17) is 4.74 Å². The Morgan fingerprint density at radius 3 is 2.62 bits per heavy atom. The van der Waals surface area contributed by atoms with Crippen LogP contribution in [-0.4, -0.2) is 28.4 Å². The first-order valence-corrected chi connectivity index (χ1v) is 9.52. The number of carbonyl (C=O) groups excluding carboxylic acids is 2. The van der Waals surface area contributed by atoms with E-state index < -0.39 is 5.97 Å². The van der Waals surface area contributed by atoms with Crippen molar-refractivity contribution in [1.82, 2.24) is 9.38 Å². The van der Waals surface area contributed by atoms with Crippen LogP contribution in [0.4, 0.5) is 10.1 Å². The number of halogens is 1. The summed E-state index contributed by atoms with van der Waals surface area (Å²) >= 11 is 1.26. The molecule has 2 aromatic carbocycles. The zero-order valence-electron chi connectivity index (χ0n) is 15.6. The zero-order valence-corrected chi connectivity index (χ0v) is 16.4. The van der Waals surface area contributed by atoms with Crippen LogP contribution in [0.3, 0.4) is 0 Å². The predicted molar refractivity (Wildman–Crippen MR) is 109 cm³/mol. The molecule has 0 saturated heterocycles. The normalized spacial score (nSPS) is 10.9. The van der Waals surface area contributed by atoms with Crippen LogP contribution in [0.1, 0.15) is 25.7 Å². The minimum Gasteiger partial charge on any atom is -0.465 e. The molecule has 0 aliphatic carbocycles. The first-order valence-electron chi connectivity index (χ1n) is 8.70. The van der Waals surface area contributed by atoms with Gasteiger partial charge in [-0.3, -0.25) is 9.20 Å². The van der Waals surface area contributed by atoms with Gasteiger partial charge in [0, 0.05) is 23.1 Å². The number of ether oxygens (including phenoxy) is 1. The molecule has 2 aromatic heterocycles. The average molecular weight is 409 g/mol. The van der Waals surface area contributed by atoms with Crippen molar-refractivity contribution in [1.29, 1.82) is 0 Å². The summed E-state index contributed by atoms with van der Waals surface area (Å²) < 4.78 is 19.7. The molecular weight excluding hydrogens is 393 g/mol. The fourth-order valence-corrected chi connectivity index (χ4v) is 3.95. The van der Waals surface area contributed by atoms with E-state index >= 15 is 0 Å². The number of benzene rings is 2. The van der Waals surface area contributed by atoms with E-state index in [0.717, 1.165) is 11.3 Å². The maximum Gasteiger partial charge on any atom is 0.337 e. The van der Waals surface area contributed by atoms with Gasteiger partial charge in [-0.1, -0.05) is 17.4 Å². The highest BCUT2D eigenvalue weighted by Gasteiger charge is 2.19. The quantitative estimate of drug-likeness (QED) is 0.502. The molecule has 0 spiro atoms. The first-order chi connectivity index (χ1) is 14.0. The number of aryl methyl sites for hydroxylation is 1. The molecule has 8 heteroatoms. The Kier molecular flexibility index (Phi) is 4.85. The Bertz CT molecular complexity index is 1230. The number of methoxy groups -OCH3 is 1. The average Bonchev–Trinajstić information content (AvgIpc) is 3.27. The van der Waals surface area contributed by atoms with Crippen molar-refractivity contribution >= 4 is 33.9 Å². The number of anilines is 1. The highest BCUT2D eigenvalue weighted by Crippen LogP contribution is 2.28. The number of fused-ring (bicyclic) bond motifs is 1. The largest absolute Gasteiger partial charge is 0.465 e. The van der Waals surface area contributed by atoms with Crippen molar-refractivity contribution in [2.45, 2.75) is 6.92 Å². The van der Waals surface area contributed by atoms with Gasteiger partial charge in [-0.15, -0.1) is 0 Å². The summed E-state index contributed by atoms with van der Waals surface area (Å²) in [7, 11) is 1.30. The monoisotopic (exact) mass is 409 g/mol. The molecule has 0 aliphatic rings. The summed E-state index contributed by atoms with van der Waals surface area (Å²) in [5.74, 6) is -1.07. The predicted octanol–water partition coefficient (Wildman–Crippen LogP) is 4.55. The number of nitrogens with one attached hydrogen (secondary N) is 1. The molecule has 0 atom stereocenters. The van der Waals surface area contributed by atoms with E-state index in [1.54, 1.807) is 36.4 Å². The van der Waals surface area contributed by atoms with Crippen molar-refractivity contribution in [3.63, 3.8) is 0 Å². The number of rotatable bonds is 4.